The standard InChI is InChI=1S/C11H8F2N2O2/c1-17-10-2-6(5-14-15-10)8-3-7(16)4-9(12)11(8)13/h2-5,16H,1H3/i1D3. The van der Waals surface area contributed by atoms with Crippen LogP contribution in [-0.2, 0) is 0 Å². The zero-order chi connectivity index (χ0) is 14.9. The zero-order valence-electron chi connectivity index (χ0n) is 11.3. The van der Waals surface area contributed by atoms with Gasteiger partial charge in [0.25, 0.3) is 0 Å². The molecule has 1 heterocycles. The third-order valence-electron chi connectivity index (χ3n) is 2.06. The molecule has 0 saturated heterocycles. The average molecular weight is 241 g/mol. The molecule has 2 rings (SSSR count). The number of phenolic OH excluding ortho intramolecular Hbond substituents is 1. The second-order valence-electron chi connectivity index (χ2n) is 3.17. The molecule has 0 spiro atoms. The Labute approximate surface area is 99.7 Å². The number of aromatic nitrogens is 2. The smallest absolute Gasteiger partial charge is 0.233 e. The minimum atomic E-state index is -2.74. The molecule has 0 aliphatic heterocycles. The fourth-order valence-corrected chi connectivity index (χ4v) is 1.33. The number of hydrogen-bond acceptors (Lipinski definition) is 4. The molecular formula is C11H8F2N2O2. The van der Waals surface area contributed by atoms with Crippen LogP contribution in [0, 0.1) is 11.6 Å². The van der Waals surface area contributed by atoms with Gasteiger partial charge < -0.3 is 9.84 Å². The molecule has 88 valence electrons. The van der Waals surface area contributed by atoms with Crippen LogP contribution in [0.5, 0.6) is 11.6 Å². The van der Waals surface area contributed by atoms with Crippen molar-refractivity contribution in [3.8, 4) is 22.8 Å². The van der Waals surface area contributed by atoms with E-state index < -0.39 is 24.4 Å². The van der Waals surface area contributed by atoms with Gasteiger partial charge in [-0.25, -0.2) is 8.78 Å². The fraction of sp³-hybridized carbons (Fsp3) is 0.0909. The molecule has 0 aliphatic rings. The summed E-state index contributed by atoms with van der Waals surface area (Å²) in [5.41, 5.74) is -0.264. The van der Waals surface area contributed by atoms with Crippen molar-refractivity contribution in [3.63, 3.8) is 0 Å². The van der Waals surface area contributed by atoms with Crippen molar-refractivity contribution in [1.82, 2.24) is 10.2 Å². The maximum atomic E-state index is 13.7. The van der Waals surface area contributed by atoms with Crippen LogP contribution in [0.2, 0.25) is 0 Å². The second kappa shape index (κ2) is 4.32. The molecule has 0 amide bonds. The molecule has 0 saturated carbocycles. The highest BCUT2D eigenvalue weighted by Gasteiger charge is 2.13. The summed E-state index contributed by atoms with van der Waals surface area (Å²) in [4.78, 5) is 0. The third kappa shape index (κ3) is 2.15. The van der Waals surface area contributed by atoms with E-state index in [1.165, 1.54) is 0 Å². The maximum Gasteiger partial charge on any atom is 0.233 e. The predicted molar refractivity (Wildman–Crippen MR) is 55.6 cm³/mol. The van der Waals surface area contributed by atoms with Gasteiger partial charge in [-0.15, -0.1) is 5.10 Å². The Morgan fingerprint density at radius 2 is 2.18 bits per heavy atom. The number of phenols is 1. The van der Waals surface area contributed by atoms with Gasteiger partial charge in [0, 0.05) is 23.3 Å². The Morgan fingerprint density at radius 1 is 1.35 bits per heavy atom. The Morgan fingerprint density at radius 3 is 2.94 bits per heavy atom. The van der Waals surface area contributed by atoms with E-state index >= 15 is 0 Å². The number of hydrogen-bond donors (Lipinski definition) is 1. The van der Waals surface area contributed by atoms with E-state index in [-0.39, 0.29) is 17.0 Å². The van der Waals surface area contributed by atoms with Crippen molar-refractivity contribution in [3.05, 3.63) is 36.0 Å². The van der Waals surface area contributed by atoms with E-state index in [0.29, 0.717) is 6.07 Å². The molecule has 1 N–H and O–H groups in total. The van der Waals surface area contributed by atoms with Crippen molar-refractivity contribution in [2.75, 3.05) is 7.04 Å². The van der Waals surface area contributed by atoms with Crippen LogP contribution in [0.4, 0.5) is 8.78 Å². The largest absolute Gasteiger partial charge is 0.508 e. The first-order valence-corrected chi connectivity index (χ1v) is 4.46. The molecule has 0 atom stereocenters. The van der Waals surface area contributed by atoms with E-state index in [4.69, 9.17) is 4.11 Å². The topological polar surface area (TPSA) is 55.2 Å². The molecule has 1 aromatic heterocycles. The zero-order valence-corrected chi connectivity index (χ0v) is 8.32. The Balaban J connectivity index is 2.46. The SMILES string of the molecule is [2H]C([2H])([2H])Oc1cc(-c2cc(O)cc(F)c2F)cnn1. The van der Waals surface area contributed by atoms with Gasteiger partial charge in [0.2, 0.25) is 5.88 Å². The fourth-order valence-electron chi connectivity index (χ4n) is 1.33. The molecule has 0 radical (unpaired) electrons. The highest BCUT2D eigenvalue weighted by molar-refractivity contribution is 5.65. The summed E-state index contributed by atoms with van der Waals surface area (Å²) in [6.07, 6.45) is 1.09. The van der Waals surface area contributed by atoms with E-state index in [9.17, 15) is 13.9 Å². The lowest BCUT2D eigenvalue weighted by atomic mass is 10.1. The van der Waals surface area contributed by atoms with E-state index in [0.717, 1.165) is 18.3 Å². The molecule has 0 unspecified atom stereocenters. The molecule has 4 nitrogen and oxygen atoms in total. The average Bonchev–Trinajstić information content (AvgIpc) is 2.32. The minimum Gasteiger partial charge on any atom is -0.508 e. The lowest BCUT2D eigenvalue weighted by Gasteiger charge is -2.05. The van der Waals surface area contributed by atoms with Crippen molar-refractivity contribution in [2.45, 2.75) is 0 Å². The lowest BCUT2D eigenvalue weighted by molar-refractivity contribution is 0.392. The molecule has 0 bridgehead atoms. The first-order chi connectivity index (χ1) is 9.26. The Hall–Kier alpha value is -2.24. The van der Waals surface area contributed by atoms with E-state index in [1.54, 1.807) is 0 Å². The van der Waals surface area contributed by atoms with Crippen LogP contribution in [-0.4, -0.2) is 22.3 Å². The summed E-state index contributed by atoms with van der Waals surface area (Å²) in [5.74, 6) is -3.29. The summed E-state index contributed by atoms with van der Waals surface area (Å²) in [7, 11) is -2.74. The number of methoxy groups -OCH3 is 1. The van der Waals surface area contributed by atoms with Gasteiger partial charge >= 0.3 is 0 Å². The van der Waals surface area contributed by atoms with Crippen LogP contribution >= 0.6 is 0 Å². The number of nitrogens with zero attached hydrogens (tertiary/aromatic N) is 2. The normalized spacial score (nSPS) is 13.6. The number of rotatable bonds is 2. The first-order valence-electron chi connectivity index (χ1n) is 5.96. The van der Waals surface area contributed by atoms with Crippen molar-refractivity contribution < 1.29 is 22.7 Å². The Bertz CT molecular complexity index is 650. The van der Waals surface area contributed by atoms with E-state index in [1.807, 2.05) is 0 Å². The van der Waals surface area contributed by atoms with Crippen molar-refractivity contribution >= 4 is 0 Å². The van der Waals surface area contributed by atoms with Gasteiger partial charge in [0.1, 0.15) is 5.75 Å². The molecule has 0 aliphatic carbocycles. The van der Waals surface area contributed by atoms with E-state index in [2.05, 4.69) is 14.9 Å². The maximum absolute atomic E-state index is 13.7. The van der Waals surface area contributed by atoms with Crippen LogP contribution in [0.3, 0.4) is 0 Å². The molecule has 0 fully saturated rings. The van der Waals surface area contributed by atoms with Gasteiger partial charge in [-0.05, 0) is 6.07 Å². The number of aromatic hydroxyl groups is 1. The van der Waals surface area contributed by atoms with Gasteiger partial charge in [-0.2, -0.15) is 5.10 Å². The quantitative estimate of drug-likeness (QED) is 0.875. The van der Waals surface area contributed by atoms with Crippen LogP contribution < -0.4 is 4.74 Å². The van der Waals surface area contributed by atoms with Gasteiger partial charge in [-0.3, -0.25) is 0 Å². The van der Waals surface area contributed by atoms with Crippen LogP contribution in [0.25, 0.3) is 11.1 Å². The monoisotopic (exact) mass is 241 g/mol. The first kappa shape index (κ1) is 7.94. The molecule has 17 heavy (non-hydrogen) atoms. The van der Waals surface area contributed by atoms with Crippen LogP contribution in [0.15, 0.2) is 24.4 Å². The summed E-state index contributed by atoms with van der Waals surface area (Å²) in [6.45, 7) is 0. The molecule has 2 aromatic rings. The van der Waals surface area contributed by atoms with Crippen molar-refractivity contribution in [1.29, 1.82) is 0 Å². The number of ether oxygens (including phenoxy) is 1. The lowest BCUT2D eigenvalue weighted by Crippen LogP contribution is -1.94. The third-order valence-corrected chi connectivity index (χ3v) is 2.06. The molecular weight excluding hydrogens is 230 g/mol. The van der Waals surface area contributed by atoms with Gasteiger partial charge in [-0.1, -0.05) is 0 Å². The highest BCUT2D eigenvalue weighted by Crippen LogP contribution is 2.29. The molecule has 6 heteroatoms. The Kier molecular flexibility index (Phi) is 2.02. The second-order valence-corrected chi connectivity index (χ2v) is 3.17. The summed E-state index contributed by atoms with van der Waals surface area (Å²) >= 11 is 0. The molecule has 1 aromatic carbocycles. The van der Waals surface area contributed by atoms with Gasteiger partial charge in [0.15, 0.2) is 11.6 Å². The summed E-state index contributed by atoms with van der Waals surface area (Å²) in [5, 5.41) is 16.1. The number of halogens is 2. The summed E-state index contributed by atoms with van der Waals surface area (Å²) < 4.78 is 52.1. The summed E-state index contributed by atoms with van der Waals surface area (Å²) in [6, 6.07) is 2.68. The predicted octanol–water partition coefficient (Wildman–Crippen LogP) is 2.14. The van der Waals surface area contributed by atoms with Gasteiger partial charge in [0.05, 0.1) is 17.3 Å². The minimum absolute atomic E-state index is 0.0200. The number of benzene rings is 1. The van der Waals surface area contributed by atoms with Crippen molar-refractivity contribution in [2.24, 2.45) is 0 Å². The van der Waals surface area contributed by atoms with Crippen LogP contribution in [0.1, 0.15) is 4.11 Å². The highest BCUT2D eigenvalue weighted by atomic mass is 19.2.